The Morgan fingerprint density at radius 1 is 1.33 bits per heavy atom. The number of rotatable bonds is 2. The summed E-state index contributed by atoms with van der Waals surface area (Å²) in [6.45, 7) is 6.95. The summed E-state index contributed by atoms with van der Waals surface area (Å²) in [5, 5.41) is 1.03. The number of aromatic amines is 1. The van der Waals surface area contributed by atoms with Gasteiger partial charge in [0.25, 0.3) is 5.91 Å². The number of carbonyl (C=O) groups is 1. The molecule has 1 aliphatic rings. The molecule has 0 radical (unpaired) electrons. The van der Waals surface area contributed by atoms with Gasteiger partial charge in [-0.05, 0) is 31.2 Å². The summed E-state index contributed by atoms with van der Waals surface area (Å²) in [5.74, 6) is 0.476. The lowest BCUT2D eigenvalue weighted by atomic mass is 9.99. The summed E-state index contributed by atoms with van der Waals surface area (Å²) in [5.41, 5.74) is 1.30. The minimum atomic E-state index is 0.0401. The highest BCUT2D eigenvalue weighted by atomic mass is 16.2. The van der Waals surface area contributed by atoms with Crippen molar-refractivity contribution < 1.29 is 4.79 Å². The van der Waals surface area contributed by atoms with Gasteiger partial charge in [0.15, 0.2) is 0 Å². The summed E-state index contributed by atoms with van der Waals surface area (Å²) in [6, 6.07) is 5.99. The zero-order chi connectivity index (χ0) is 15.0. The molecule has 1 unspecified atom stereocenters. The first-order chi connectivity index (χ1) is 10.1. The number of aromatic nitrogens is 2. The summed E-state index contributed by atoms with van der Waals surface area (Å²) in [7, 11) is 2.11. The molecule has 2 aromatic heterocycles. The van der Waals surface area contributed by atoms with Crippen LogP contribution in [-0.2, 0) is 0 Å². The second kappa shape index (κ2) is 5.48. The number of hydrogen-bond acceptors (Lipinski definition) is 3. The van der Waals surface area contributed by atoms with Crippen molar-refractivity contribution in [2.75, 3.05) is 26.7 Å². The minimum absolute atomic E-state index is 0.0401. The predicted molar refractivity (Wildman–Crippen MR) is 83.3 cm³/mol. The summed E-state index contributed by atoms with van der Waals surface area (Å²) in [4.78, 5) is 24.6. The van der Waals surface area contributed by atoms with Crippen LogP contribution < -0.4 is 0 Å². The molecule has 3 rings (SSSR count). The average molecular weight is 286 g/mol. The van der Waals surface area contributed by atoms with E-state index in [0.29, 0.717) is 11.6 Å². The van der Waals surface area contributed by atoms with E-state index in [-0.39, 0.29) is 11.9 Å². The fraction of sp³-hybridized carbons (Fsp3) is 0.500. The van der Waals surface area contributed by atoms with Gasteiger partial charge in [0.1, 0.15) is 11.3 Å². The van der Waals surface area contributed by atoms with Crippen molar-refractivity contribution in [3.05, 3.63) is 30.1 Å². The Balaban J connectivity index is 1.88. The number of H-pyrrole nitrogens is 1. The Bertz CT molecular complexity index is 649. The van der Waals surface area contributed by atoms with Crippen molar-refractivity contribution in [3.63, 3.8) is 0 Å². The van der Waals surface area contributed by atoms with Crippen LogP contribution in [0.3, 0.4) is 0 Å². The van der Waals surface area contributed by atoms with E-state index < -0.39 is 0 Å². The van der Waals surface area contributed by atoms with Crippen LogP contribution in [0, 0.1) is 5.92 Å². The Morgan fingerprint density at radius 3 is 2.90 bits per heavy atom. The molecule has 0 aliphatic carbocycles. The molecule has 1 amide bonds. The van der Waals surface area contributed by atoms with Gasteiger partial charge in [-0.3, -0.25) is 4.79 Å². The van der Waals surface area contributed by atoms with Crippen LogP contribution in [0.4, 0.5) is 0 Å². The highest BCUT2D eigenvalue weighted by Crippen LogP contribution is 2.19. The first kappa shape index (κ1) is 14.1. The van der Waals surface area contributed by atoms with Crippen LogP contribution in [0.1, 0.15) is 24.3 Å². The predicted octanol–water partition coefficient (Wildman–Crippen LogP) is 1.98. The zero-order valence-electron chi connectivity index (χ0n) is 12.8. The topological polar surface area (TPSA) is 52.2 Å². The minimum Gasteiger partial charge on any atom is -0.346 e. The Labute approximate surface area is 125 Å². The lowest BCUT2D eigenvalue weighted by Crippen LogP contribution is -2.56. The van der Waals surface area contributed by atoms with Crippen LogP contribution in [0.25, 0.3) is 11.0 Å². The molecule has 3 heterocycles. The number of piperazine rings is 1. The second-order valence-electron chi connectivity index (χ2n) is 6.18. The fourth-order valence-electron chi connectivity index (χ4n) is 2.97. The second-order valence-corrected chi connectivity index (χ2v) is 6.18. The maximum atomic E-state index is 12.8. The number of nitrogens with one attached hydrogen (secondary N) is 1. The quantitative estimate of drug-likeness (QED) is 0.918. The van der Waals surface area contributed by atoms with Crippen LogP contribution in [0.5, 0.6) is 0 Å². The van der Waals surface area contributed by atoms with E-state index in [2.05, 4.69) is 35.8 Å². The van der Waals surface area contributed by atoms with Crippen LogP contribution in [0.2, 0.25) is 0 Å². The van der Waals surface area contributed by atoms with Gasteiger partial charge < -0.3 is 14.8 Å². The van der Waals surface area contributed by atoms with Crippen molar-refractivity contribution in [2.45, 2.75) is 19.9 Å². The third-order valence-corrected chi connectivity index (χ3v) is 4.28. The van der Waals surface area contributed by atoms with Crippen LogP contribution in [-0.4, -0.2) is 58.4 Å². The molecular weight excluding hydrogens is 264 g/mol. The third kappa shape index (κ3) is 2.65. The highest BCUT2D eigenvalue weighted by molar-refractivity contribution is 5.94. The van der Waals surface area contributed by atoms with Crippen molar-refractivity contribution in [1.82, 2.24) is 19.8 Å². The van der Waals surface area contributed by atoms with Gasteiger partial charge in [0, 0.05) is 37.3 Å². The number of likely N-dealkylation sites (N-methyl/N-ethyl adjacent to an activating group) is 1. The molecule has 5 heteroatoms. The number of nitrogens with zero attached hydrogens (tertiary/aromatic N) is 3. The standard InChI is InChI=1S/C16H22N4O/c1-11(2)14-10-19(3)8-9-20(14)16(21)13-5-4-12-6-7-17-15(12)18-13/h4-7,11,14H,8-10H2,1-3H3,(H,17,18). The highest BCUT2D eigenvalue weighted by Gasteiger charge is 2.32. The van der Waals surface area contributed by atoms with E-state index in [1.807, 2.05) is 29.3 Å². The third-order valence-electron chi connectivity index (χ3n) is 4.28. The van der Waals surface area contributed by atoms with E-state index >= 15 is 0 Å². The molecule has 0 bridgehead atoms. The molecule has 1 atom stereocenters. The number of hydrogen-bond donors (Lipinski definition) is 1. The lowest BCUT2D eigenvalue weighted by Gasteiger charge is -2.42. The average Bonchev–Trinajstić information content (AvgIpc) is 2.93. The molecule has 1 N–H and O–H groups in total. The molecule has 1 aliphatic heterocycles. The van der Waals surface area contributed by atoms with E-state index in [4.69, 9.17) is 0 Å². The van der Waals surface area contributed by atoms with Crippen molar-refractivity contribution in [3.8, 4) is 0 Å². The Hall–Kier alpha value is -1.88. The van der Waals surface area contributed by atoms with Gasteiger partial charge in [-0.15, -0.1) is 0 Å². The number of pyridine rings is 1. The monoisotopic (exact) mass is 286 g/mol. The lowest BCUT2D eigenvalue weighted by molar-refractivity contribution is 0.0397. The number of amides is 1. The van der Waals surface area contributed by atoms with Gasteiger partial charge in [0.2, 0.25) is 0 Å². The van der Waals surface area contributed by atoms with Gasteiger partial charge in [-0.25, -0.2) is 4.98 Å². The SMILES string of the molecule is CC(C)C1CN(C)CCN1C(=O)c1ccc2cc[nH]c2n1. The van der Waals surface area contributed by atoms with Crippen LogP contribution in [0.15, 0.2) is 24.4 Å². The fourth-order valence-corrected chi connectivity index (χ4v) is 2.97. The summed E-state index contributed by atoms with van der Waals surface area (Å²) in [6.07, 6.45) is 1.85. The smallest absolute Gasteiger partial charge is 0.272 e. The van der Waals surface area contributed by atoms with Gasteiger partial charge in [-0.2, -0.15) is 0 Å². The Kier molecular flexibility index (Phi) is 3.68. The summed E-state index contributed by atoms with van der Waals surface area (Å²) < 4.78 is 0. The van der Waals surface area contributed by atoms with Gasteiger partial charge in [0.05, 0.1) is 0 Å². The molecule has 1 fully saturated rings. The van der Waals surface area contributed by atoms with Gasteiger partial charge >= 0.3 is 0 Å². The van der Waals surface area contributed by atoms with E-state index in [1.165, 1.54) is 0 Å². The van der Waals surface area contributed by atoms with Gasteiger partial charge in [-0.1, -0.05) is 13.8 Å². The maximum absolute atomic E-state index is 12.8. The van der Waals surface area contributed by atoms with Crippen molar-refractivity contribution in [1.29, 1.82) is 0 Å². The largest absolute Gasteiger partial charge is 0.346 e. The van der Waals surface area contributed by atoms with E-state index in [1.54, 1.807) is 0 Å². The molecular formula is C16H22N4O. The zero-order valence-corrected chi connectivity index (χ0v) is 12.8. The van der Waals surface area contributed by atoms with Crippen LogP contribution >= 0.6 is 0 Å². The molecule has 0 spiro atoms. The molecule has 0 aromatic carbocycles. The first-order valence-corrected chi connectivity index (χ1v) is 7.50. The van der Waals surface area contributed by atoms with Crippen molar-refractivity contribution in [2.24, 2.45) is 5.92 Å². The molecule has 2 aromatic rings. The normalized spacial score (nSPS) is 20.4. The number of carbonyl (C=O) groups excluding carboxylic acids is 1. The molecule has 112 valence electrons. The van der Waals surface area contributed by atoms with E-state index in [0.717, 1.165) is 30.7 Å². The molecule has 0 saturated carbocycles. The molecule has 5 nitrogen and oxygen atoms in total. The summed E-state index contributed by atoms with van der Waals surface area (Å²) >= 11 is 0. The number of fused-ring (bicyclic) bond motifs is 1. The van der Waals surface area contributed by atoms with E-state index in [9.17, 15) is 4.79 Å². The van der Waals surface area contributed by atoms with Crippen molar-refractivity contribution >= 4 is 16.9 Å². The Morgan fingerprint density at radius 2 is 2.14 bits per heavy atom. The molecule has 1 saturated heterocycles. The molecule has 21 heavy (non-hydrogen) atoms. The first-order valence-electron chi connectivity index (χ1n) is 7.50. The maximum Gasteiger partial charge on any atom is 0.272 e.